The van der Waals surface area contributed by atoms with Gasteiger partial charge in [0.25, 0.3) is 5.17 Å². The molecule has 0 bridgehead atoms. The van der Waals surface area contributed by atoms with Gasteiger partial charge in [-0.05, 0) is 41.7 Å². The number of benzene rings is 1. The van der Waals surface area contributed by atoms with Crippen LogP contribution in [0.4, 0.5) is 4.53 Å². The summed E-state index contributed by atoms with van der Waals surface area (Å²) in [5.74, 6) is 0.692. The highest BCUT2D eigenvalue weighted by atomic mass is 32.1. The van der Waals surface area contributed by atoms with Crippen LogP contribution in [0.1, 0.15) is 12.8 Å². The molecule has 0 heterocycles. The molecule has 0 aromatic heterocycles. The molecule has 0 unspecified atom stereocenters. The summed E-state index contributed by atoms with van der Waals surface area (Å²) in [7, 11) is 0. The smallest absolute Gasteiger partial charge is 0.262 e. The highest BCUT2D eigenvalue weighted by Gasteiger charge is 2.31. The van der Waals surface area contributed by atoms with Crippen molar-refractivity contribution < 1.29 is 14.2 Å². The van der Waals surface area contributed by atoms with E-state index in [1.54, 1.807) is 0 Å². The Kier molecular flexibility index (Phi) is 3.69. The van der Waals surface area contributed by atoms with E-state index in [4.69, 9.17) is 17.0 Å². The van der Waals surface area contributed by atoms with Crippen LogP contribution >= 0.6 is 12.2 Å². The zero-order chi connectivity index (χ0) is 11.4. The predicted molar refractivity (Wildman–Crippen MR) is 61.8 cm³/mol. The molecule has 0 aliphatic heterocycles. The maximum Gasteiger partial charge on any atom is 0.262 e. The third-order valence-electron chi connectivity index (χ3n) is 2.50. The lowest BCUT2D eigenvalue weighted by molar-refractivity contribution is -0.206. The lowest BCUT2D eigenvalue weighted by Gasteiger charge is -2.32. The Hall–Kier alpha value is -1.20. The van der Waals surface area contributed by atoms with Gasteiger partial charge in [0.05, 0.1) is 0 Å². The van der Waals surface area contributed by atoms with Crippen molar-refractivity contribution in [1.82, 2.24) is 5.32 Å². The van der Waals surface area contributed by atoms with Crippen LogP contribution in [0.5, 0.6) is 5.75 Å². The van der Waals surface area contributed by atoms with Crippen molar-refractivity contribution in [3.63, 3.8) is 0 Å². The molecule has 86 valence electrons. The average Bonchev–Trinajstić information content (AvgIpc) is 2.24. The van der Waals surface area contributed by atoms with E-state index in [0.29, 0.717) is 23.8 Å². The van der Waals surface area contributed by atoms with E-state index < -0.39 is 0 Å². The lowest BCUT2D eigenvalue weighted by atomic mass is 9.90. The number of nitrogens with one attached hydrogen (secondary N) is 1. The topological polar surface area (TPSA) is 30.5 Å². The van der Waals surface area contributed by atoms with Gasteiger partial charge in [0.15, 0.2) is 0 Å². The van der Waals surface area contributed by atoms with Crippen LogP contribution in [0.25, 0.3) is 0 Å². The highest BCUT2D eigenvalue weighted by Crippen LogP contribution is 2.23. The Bertz CT molecular complexity index is 354. The summed E-state index contributed by atoms with van der Waals surface area (Å²) in [6.45, 7) is 0. The minimum absolute atomic E-state index is 0.150. The molecule has 1 N–H and O–H groups in total. The average molecular weight is 241 g/mol. The lowest BCUT2D eigenvalue weighted by Crippen LogP contribution is -2.47. The third kappa shape index (κ3) is 2.90. The van der Waals surface area contributed by atoms with Crippen LogP contribution in [0.15, 0.2) is 30.3 Å². The molecule has 1 aromatic rings. The molecule has 1 aliphatic rings. The van der Waals surface area contributed by atoms with Gasteiger partial charge in [-0.3, -0.25) is 0 Å². The number of rotatable bonds is 3. The Morgan fingerprint density at radius 3 is 2.62 bits per heavy atom. The number of halogens is 1. The normalized spacial score (nSPS) is 23.3. The standard InChI is InChI=1S/C11H12FNO2S/c12-15-10-6-8(7-10)13-11(16)14-9-4-2-1-3-5-9/h1-5,8,10H,6-7H2,(H,13,16). The molecular formula is C11H12FNO2S. The van der Waals surface area contributed by atoms with E-state index in [0.717, 1.165) is 0 Å². The zero-order valence-corrected chi connectivity index (χ0v) is 9.37. The number of para-hydroxylation sites is 1. The van der Waals surface area contributed by atoms with Gasteiger partial charge in [-0.15, -0.1) is 0 Å². The first-order valence-electron chi connectivity index (χ1n) is 5.08. The van der Waals surface area contributed by atoms with Gasteiger partial charge in [-0.25, -0.2) is 0 Å². The fraction of sp³-hybridized carbons (Fsp3) is 0.364. The van der Waals surface area contributed by atoms with Gasteiger partial charge in [0.2, 0.25) is 0 Å². The molecule has 1 aliphatic carbocycles. The summed E-state index contributed by atoms with van der Waals surface area (Å²) in [4.78, 5) is 3.69. The molecule has 1 fully saturated rings. The Labute approximate surface area is 98.5 Å². The van der Waals surface area contributed by atoms with E-state index in [9.17, 15) is 4.53 Å². The van der Waals surface area contributed by atoms with Crippen molar-refractivity contribution in [3.8, 4) is 5.75 Å². The second-order valence-electron chi connectivity index (χ2n) is 3.73. The number of ether oxygens (including phenoxy) is 1. The third-order valence-corrected chi connectivity index (χ3v) is 2.70. The van der Waals surface area contributed by atoms with Gasteiger partial charge < -0.3 is 10.1 Å². The largest absolute Gasteiger partial charge is 0.432 e. The van der Waals surface area contributed by atoms with Crippen molar-refractivity contribution in [1.29, 1.82) is 0 Å². The molecule has 16 heavy (non-hydrogen) atoms. The van der Waals surface area contributed by atoms with Crippen LogP contribution in [-0.2, 0) is 4.94 Å². The van der Waals surface area contributed by atoms with E-state index in [1.807, 2.05) is 30.3 Å². The quantitative estimate of drug-likeness (QED) is 0.823. The van der Waals surface area contributed by atoms with Crippen molar-refractivity contribution in [2.45, 2.75) is 25.0 Å². The van der Waals surface area contributed by atoms with Gasteiger partial charge in [0.1, 0.15) is 11.9 Å². The van der Waals surface area contributed by atoms with Crippen molar-refractivity contribution in [2.24, 2.45) is 0 Å². The second kappa shape index (κ2) is 5.23. The van der Waals surface area contributed by atoms with Gasteiger partial charge >= 0.3 is 0 Å². The first-order chi connectivity index (χ1) is 7.78. The molecular weight excluding hydrogens is 229 g/mol. The van der Waals surface area contributed by atoms with Crippen LogP contribution in [-0.4, -0.2) is 17.3 Å². The summed E-state index contributed by atoms with van der Waals surface area (Å²) in [5, 5.41) is 3.31. The molecule has 0 atom stereocenters. The van der Waals surface area contributed by atoms with Crippen LogP contribution < -0.4 is 10.1 Å². The molecule has 2 rings (SSSR count). The SMILES string of the molecule is FOC1CC(NC(=S)Oc2ccccc2)C1. The minimum Gasteiger partial charge on any atom is -0.432 e. The maximum atomic E-state index is 11.7. The zero-order valence-electron chi connectivity index (χ0n) is 8.56. The minimum atomic E-state index is -0.294. The van der Waals surface area contributed by atoms with Crippen LogP contribution in [0, 0.1) is 0 Å². The van der Waals surface area contributed by atoms with E-state index in [-0.39, 0.29) is 12.1 Å². The maximum absolute atomic E-state index is 11.7. The van der Waals surface area contributed by atoms with E-state index >= 15 is 0 Å². The molecule has 0 saturated heterocycles. The molecule has 1 aromatic carbocycles. The van der Waals surface area contributed by atoms with Crippen molar-refractivity contribution in [3.05, 3.63) is 30.3 Å². The van der Waals surface area contributed by atoms with Gasteiger partial charge in [-0.1, -0.05) is 18.2 Å². The fourth-order valence-electron chi connectivity index (χ4n) is 1.55. The van der Waals surface area contributed by atoms with Crippen LogP contribution in [0.3, 0.4) is 0 Å². The van der Waals surface area contributed by atoms with E-state index in [2.05, 4.69) is 10.3 Å². The molecule has 1 saturated carbocycles. The molecule has 5 heteroatoms. The monoisotopic (exact) mass is 241 g/mol. The first kappa shape index (κ1) is 11.3. The highest BCUT2D eigenvalue weighted by molar-refractivity contribution is 7.80. The summed E-state index contributed by atoms with van der Waals surface area (Å²) < 4.78 is 17.1. The molecule has 0 spiro atoms. The van der Waals surface area contributed by atoms with Crippen LogP contribution in [0.2, 0.25) is 0 Å². The predicted octanol–water partition coefficient (Wildman–Crippen LogP) is 2.37. The Balaban J connectivity index is 1.74. The van der Waals surface area contributed by atoms with E-state index in [1.165, 1.54) is 0 Å². The summed E-state index contributed by atoms with van der Waals surface area (Å²) in [6.07, 6.45) is 0.945. The second-order valence-corrected chi connectivity index (χ2v) is 4.10. The molecule has 0 radical (unpaired) electrons. The van der Waals surface area contributed by atoms with Gasteiger partial charge in [0, 0.05) is 6.04 Å². The number of hydrogen-bond acceptors (Lipinski definition) is 3. The fourth-order valence-corrected chi connectivity index (χ4v) is 1.81. The Morgan fingerprint density at radius 1 is 1.31 bits per heavy atom. The first-order valence-corrected chi connectivity index (χ1v) is 5.49. The summed E-state index contributed by atoms with van der Waals surface area (Å²) in [6, 6.07) is 9.43. The Morgan fingerprint density at radius 2 is 2.00 bits per heavy atom. The summed E-state index contributed by atoms with van der Waals surface area (Å²) in [5.41, 5.74) is 0. The van der Waals surface area contributed by atoms with Crippen molar-refractivity contribution >= 4 is 17.4 Å². The van der Waals surface area contributed by atoms with Gasteiger partial charge in [-0.2, -0.15) is 4.94 Å². The number of thiocarbonyl (C=S) groups is 1. The molecule has 3 nitrogen and oxygen atoms in total. The summed E-state index contributed by atoms with van der Waals surface area (Å²) >= 11 is 5.02. The number of hydrogen-bond donors (Lipinski definition) is 1. The molecule has 0 amide bonds. The van der Waals surface area contributed by atoms with Crippen molar-refractivity contribution in [2.75, 3.05) is 0 Å².